The summed E-state index contributed by atoms with van der Waals surface area (Å²) in [6, 6.07) is 13.4. The van der Waals surface area contributed by atoms with Gasteiger partial charge in [0, 0.05) is 23.7 Å². The van der Waals surface area contributed by atoms with E-state index >= 15 is 0 Å². The van der Waals surface area contributed by atoms with Gasteiger partial charge in [0.25, 0.3) is 5.69 Å². The Bertz CT molecular complexity index is 596. The summed E-state index contributed by atoms with van der Waals surface area (Å²) in [5.41, 5.74) is 7.01. The largest absolute Gasteiger partial charge is 0.457 e. The molecule has 2 aromatic rings. The second-order valence-corrected chi connectivity index (χ2v) is 4.41. The Balaban J connectivity index is 2.23. The maximum Gasteiger partial charge on any atom is 0.269 e. The van der Waals surface area contributed by atoms with Crippen molar-refractivity contribution in [2.24, 2.45) is 5.73 Å². The standard InChI is InChI=1S/C15H16N2O3/c1-2-14(16)13-5-3-4-6-15(13)20-12-9-7-11(8-10-12)17(18)19/h3-10,14H,2,16H2,1H3. The molecule has 0 heterocycles. The smallest absolute Gasteiger partial charge is 0.269 e. The van der Waals surface area contributed by atoms with Gasteiger partial charge < -0.3 is 10.5 Å². The predicted octanol–water partition coefficient (Wildman–Crippen LogP) is 3.80. The van der Waals surface area contributed by atoms with E-state index in [-0.39, 0.29) is 11.7 Å². The molecule has 0 spiro atoms. The summed E-state index contributed by atoms with van der Waals surface area (Å²) in [5, 5.41) is 10.6. The quantitative estimate of drug-likeness (QED) is 0.663. The van der Waals surface area contributed by atoms with Crippen molar-refractivity contribution >= 4 is 5.69 Å². The number of benzene rings is 2. The van der Waals surface area contributed by atoms with Gasteiger partial charge in [0.1, 0.15) is 11.5 Å². The molecule has 104 valence electrons. The molecular formula is C15H16N2O3. The summed E-state index contributed by atoms with van der Waals surface area (Å²) >= 11 is 0. The Morgan fingerprint density at radius 3 is 2.45 bits per heavy atom. The van der Waals surface area contributed by atoms with Crippen molar-refractivity contribution < 1.29 is 9.66 Å². The highest BCUT2D eigenvalue weighted by Gasteiger charge is 2.11. The fraction of sp³-hybridized carbons (Fsp3) is 0.200. The molecule has 0 aliphatic rings. The number of nitrogens with zero attached hydrogens (tertiary/aromatic N) is 1. The minimum atomic E-state index is -0.440. The van der Waals surface area contributed by atoms with Gasteiger partial charge in [-0.3, -0.25) is 10.1 Å². The average Bonchev–Trinajstić information content (AvgIpc) is 2.47. The van der Waals surface area contributed by atoms with Crippen LogP contribution < -0.4 is 10.5 Å². The first-order valence-electron chi connectivity index (χ1n) is 6.38. The molecule has 0 aromatic heterocycles. The van der Waals surface area contributed by atoms with Crippen molar-refractivity contribution in [2.75, 3.05) is 0 Å². The molecule has 2 aromatic carbocycles. The molecule has 5 heteroatoms. The van der Waals surface area contributed by atoms with Gasteiger partial charge in [0.2, 0.25) is 0 Å². The average molecular weight is 272 g/mol. The Labute approximate surface area is 117 Å². The molecule has 0 saturated heterocycles. The van der Waals surface area contributed by atoms with E-state index in [2.05, 4.69) is 0 Å². The monoisotopic (exact) mass is 272 g/mol. The minimum Gasteiger partial charge on any atom is -0.457 e. The molecule has 0 fully saturated rings. The highest BCUT2D eigenvalue weighted by Crippen LogP contribution is 2.30. The van der Waals surface area contributed by atoms with Crippen LogP contribution in [0.5, 0.6) is 11.5 Å². The predicted molar refractivity (Wildman–Crippen MR) is 76.8 cm³/mol. The summed E-state index contributed by atoms with van der Waals surface area (Å²) in [6.07, 6.45) is 0.806. The van der Waals surface area contributed by atoms with Crippen LogP contribution in [0.4, 0.5) is 5.69 Å². The Hall–Kier alpha value is -2.40. The summed E-state index contributed by atoms with van der Waals surface area (Å²) in [6.45, 7) is 2.01. The van der Waals surface area contributed by atoms with E-state index in [9.17, 15) is 10.1 Å². The van der Waals surface area contributed by atoms with Crippen LogP contribution in [0.15, 0.2) is 48.5 Å². The van der Waals surface area contributed by atoms with Crippen molar-refractivity contribution in [2.45, 2.75) is 19.4 Å². The number of nitro benzene ring substituents is 1. The second-order valence-electron chi connectivity index (χ2n) is 4.41. The van der Waals surface area contributed by atoms with Crippen molar-refractivity contribution in [3.8, 4) is 11.5 Å². The van der Waals surface area contributed by atoms with Gasteiger partial charge in [0.05, 0.1) is 4.92 Å². The molecule has 20 heavy (non-hydrogen) atoms. The number of hydrogen-bond donors (Lipinski definition) is 1. The van der Waals surface area contributed by atoms with Crippen molar-refractivity contribution in [1.82, 2.24) is 0 Å². The number of ether oxygens (including phenoxy) is 1. The van der Waals surface area contributed by atoms with E-state index in [1.54, 1.807) is 12.1 Å². The lowest BCUT2D eigenvalue weighted by Crippen LogP contribution is -2.09. The summed E-state index contributed by atoms with van der Waals surface area (Å²) < 4.78 is 5.76. The van der Waals surface area contributed by atoms with Crippen LogP contribution in [0.2, 0.25) is 0 Å². The van der Waals surface area contributed by atoms with Crippen LogP contribution in [-0.4, -0.2) is 4.92 Å². The molecule has 2 N–H and O–H groups in total. The zero-order valence-corrected chi connectivity index (χ0v) is 11.2. The number of rotatable bonds is 5. The van der Waals surface area contributed by atoms with Crippen LogP contribution in [0.3, 0.4) is 0 Å². The third kappa shape index (κ3) is 3.13. The summed E-state index contributed by atoms with van der Waals surface area (Å²) in [5.74, 6) is 1.22. The highest BCUT2D eigenvalue weighted by atomic mass is 16.6. The number of non-ortho nitro benzene ring substituents is 1. The molecule has 1 unspecified atom stereocenters. The molecule has 0 radical (unpaired) electrons. The number of para-hydroxylation sites is 1. The maximum atomic E-state index is 10.6. The maximum absolute atomic E-state index is 10.6. The van der Waals surface area contributed by atoms with Crippen molar-refractivity contribution in [3.05, 3.63) is 64.2 Å². The van der Waals surface area contributed by atoms with Crippen LogP contribution >= 0.6 is 0 Å². The van der Waals surface area contributed by atoms with Crippen LogP contribution in [-0.2, 0) is 0 Å². The van der Waals surface area contributed by atoms with E-state index < -0.39 is 4.92 Å². The van der Waals surface area contributed by atoms with Crippen LogP contribution in [0, 0.1) is 10.1 Å². The van der Waals surface area contributed by atoms with Crippen molar-refractivity contribution in [1.29, 1.82) is 0 Å². The first-order valence-corrected chi connectivity index (χ1v) is 6.38. The molecular weight excluding hydrogens is 256 g/mol. The molecule has 0 aliphatic carbocycles. The molecule has 2 rings (SSSR count). The van der Waals surface area contributed by atoms with E-state index in [4.69, 9.17) is 10.5 Å². The Morgan fingerprint density at radius 2 is 1.85 bits per heavy atom. The lowest BCUT2D eigenvalue weighted by Gasteiger charge is -2.15. The zero-order valence-electron chi connectivity index (χ0n) is 11.2. The highest BCUT2D eigenvalue weighted by molar-refractivity contribution is 5.42. The summed E-state index contributed by atoms with van der Waals surface area (Å²) in [4.78, 5) is 10.2. The Kier molecular flexibility index (Phi) is 4.32. The lowest BCUT2D eigenvalue weighted by atomic mass is 10.0. The normalized spacial score (nSPS) is 11.9. The van der Waals surface area contributed by atoms with Gasteiger partial charge in [-0.2, -0.15) is 0 Å². The van der Waals surface area contributed by atoms with Gasteiger partial charge in [-0.25, -0.2) is 0 Å². The number of nitrogens with two attached hydrogens (primary N) is 1. The second kappa shape index (κ2) is 6.16. The fourth-order valence-corrected chi connectivity index (χ4v) is 1.86. The molecule has 0 amide bonds. The van der Waals surface area contributed by atoms with Gasteiger partial charge in [-0.05, 0) is 24.6 Å². The van der Waals surface area contributed by atoms with E-state index in [1.807, 2.05) is 31.2 Å². The lowest BCUT2D eigenvalue weighted by molar-refractivity contribution is -0.384. The van der Waals surface area contributed by atoms with Gasteiger partial charge >= 0.3 is 0 Å². The molecule has 0 bridgehead atoms. The summed E-state index contributed by atoms with van der Waals surface area (Å²) in [7, 11) is 0. The topological polar surface area (TPSA) is 78.4 Å². The van der Waals surface area contributed by atoms with Crippen molar-refractivity contribution in [3.63, 3.8) is 0 Å². The van der Waals surface area contributed by atoms with E-state index in [0.717, 1.165) is 12.0 Å². The van der Waals surface area contributed by atoms with Gasteiger partial charge in [-0.15, -0.1) is 0 Å². The third-order valence-corrected chi connectivity index (χ3v) is 3.03. The molecule has 1 atom stereocenters. The van der Waals surface area contributed by atoms with E-state index in [0.29, 0.717) is 11.5 Å². The number of nitro groups is 1. The van der Waals surface area contributed by atoms with E-state index in [1.165, 1.54) is 12.1 Å². The van der Waals surface area contributed by atoms with Crippen LogP contribution in [0.25, 0.3) is 0 Å². The third-order valence-electron chi connectivity index (χ3n) is 3.03. The van der Waals surface area contributed by atoms with Crippen LogP contribution in [0.1, 0.15) is 24.9 Å². The zero-order chi connectivity index (χ0) is 14.5. The fourth-order valence-electron chi connectivity index (χ4n) is 1.86. The van der Waals surface area contributed by atoms with Gasteiger partial charge in [0.15, 0.2) is 0 Å². The number of hydrogen-bond acceptors (Lipinski definition) is 4. The molecule has 0 aliphatic heterocycles. The SMILES string of the molecule is CCC(N)c1ccccc1Oc1ccc([N+](=O)[O-])cc1. The first-order chi connectivity index (χ1) is 9.61. The van der Waals surface area contributed by atoms with Gasteiger partial charge in [-0.1, -0.05) is 25.1 Å². The minimum absolute atomic E-state index is 0.0379. The molecule has 0 saturated carbocycles. The Morgan fingerprint density at radius 1 is 1.20 bits per heavy atom. The molecule has 5 nitrogen and oxygen atoms in total. The first kappa shape index (κ1) is 14.0.